The van der Waals surface area contributed by atoms with Crippen molar-refractivity contribution in [1.82, 2.24) is 5.32 Å². The van der Waals surface area contributed by atoms with Crippen molar-refractivity contribution in [3.8, 4) is 0 Å². The van der Waals surface area contributed by atoms with Crippen molar-refractivity contribution < 1.29 is 14.0 Å². The lowest BCUT2D eigenvalue weighted by Gasteiger charge is -2.26. The van der Waals surface area contributed by atoms with Gasteiger partial charge in [0.25, 0.3) is 0 Å². The van der Waals surface area contributed by atoms with Crippen LogP contribution in [-0.2, 0) is 16.0 Å². The second kappa shape index (κ2) is 7.72. The van der Waals surface area contributed by atoms with Gasteiger partial charge in [0.2, 0.25) is 11.8 Å². The molecule has 2 aliphatic rings. The molecule has 0 aromatic heterocycles. The Morgan fingerprint density at radius 1 is 1.22 bits per heavy atom. The highest BCUT2D eigenvalue weighted by Gasteiger charge is 2.24. The molecular formula is C21H21FN2O2S. The van der Waals surface area contributed by atoms with Crippen LogP contribution in [-0.4, -0.2) is 24.1 Å². The zero-order chi connectivity index (χ0) is 18.8. The van der Waals surface area contributed by atoms with Gasteiger partial charge < -0.3 is 10.2 Å². The minimum absolute atomic E-state index is 0.0767. The molecule has 4 nitrogen and oxygen atoms in total. The summed E-state index contributed by atoms with van der Waals surface area (Å²) < 4.78 is 13.6. The SMILES string of the molecule is O=C(Cc1ccc(N2CCCC2=O)cc1)NC1CCSc2ccc(F)cc21. The molecule has 0 aliphatic carbocycles. The lowest BCUT2D eigenvalue weighted by Crippen LogP contribution is -2.31. The first-order valence-electron chi connectivity index (χ1n) is 9.21. The number of amides is 2. The van der Waals surface area contributed by atoms with Crippen molar-refractivity contribution in [3.63, 3.8) is 0 Å². The average molecular weight is 384 g/mol. The number of carbonyl (C=O) groups excluding carboxylic acids is 2. The Kier molecular flexibility index (Phi) is 5.16. The summed E-state index contributed by atoms with van der Waals surface area (Å²) in [5, 5.41) is 3.04. The van der Waals surface area contributed by atoms with Crippen LogP contribution in [0.25, 0.3) is 0 Å². The third kappa shape index (κ3) is 4.00. The number of benzene rings is 2. The number of hydrogen-bond donors (Lipinski definition) is 1. The summed E-state index contributed by atoms with van der Waals surface area (Å²) in [5.41, 5.74) is 2.64. The Morgan fingerprint density at radius 3 is 2.78 bits per heavy atom. The highest BCUT2D eigenvalue weighted by Crippen LogP contribution is 2.36. The minimum atomic E-state index is -0.275. The Morgan fingerprint density at radius 2 is 2.04 bits per heavy atom. The summed E-state index contributed by atoms with van der Waals surface area (Å²) in [7, 11) is 0. The second-order valence-electron chi connectivity index (χ2n) is 6.93. The predicted octanol–water partition coefficient (Wildman–Crippen LogP) is 3.85. The van der Waals surface area contributed by atoms with Gasteiger partial charge in [0.1, 0.15) is 5.82 Å². The van der Waals surface area contributed by atoms with E-state index in [-0.39, 0.29) is 30.1 Å². The molecule has 1 saturated heterocycles. The molecule has 2 amide bonds. The molecular weight excluding hydrogens is 363 g/mol. The van der Waals surface area contributed by atoms with Crippen molar-refractivity contribution in [2.75, 3.05) is 17.2 Å². The van der Waals surface area contributed by atoms with E-state index in [1.807, 2.05) is 24.3 Å². The van der Waals surface area contributed by atoms with E-state index >= 15 is 0 Å². The molecule has 2 aromatic rings. The Hall–Kier alpha value is -2.34. The molecule has 6 heteroatoms. The fraction of sp³-hybridized carbons (Fsp3) is 0.333. The van der Waals surface area contributed by atoms with Gasteiger partial charge in [-0.05, 0) is 54.3 Å². The second-order valence-corrected chi connectivity index (χ2v) is 8.07. The fourth-order valence-electron chi connectivity index (χ4n) is 3.66. The van der Waals surface area contributed by atoms with Gasteiger partial charge in [0.05, 0.1) is 12.5 Å². The van der Waals surface area contributed by atoms with Gasteiger partial charge in [-0.2, -0.15) is 0 Å². The topological polar surface area (TPSA) is 49.4 Å². The van der Waals surface area contributed by atoms with Crippen LogP contribution in [0.1, 0.15) is 36.4 Å². The fourth-order valence-corrected chi connectivity index (χ4v) is 4.77. The Bertz CT molecular complexity index is 869. The highest BCUT2D eigenvalue weighted by atomic mass is 32.2. The quantitative estimate of drug-likeness (QED) is 0.871. The molecule has 0 saturated carbocycles. The summed E-state index contributed by atoms with van der Waals surface area (Å²) in [6.45, 7) is 0.758. The molecule has 140 valence electrons. The van der Waals surface area contributed by atoms with E-state index in [1.165, 1.54) is 12.1 Å². The molecule has 1 fully saturated rings. The number of thioether (sulfide) groups is 1. The zero-order valence-corrected chi connectivity index (χ0v) is 15.7. The molecule has 0 bridgehead atoms. The Labute approximate surface area is 162 Å². The largest absolute Gasteiger partial charge is 0.349 e. The maximum absolute atomic E-state index is 13.6. The summed E-state index contributed by atoms with van der Waals surface area (Å²) in [4.78, 5) is 27.1. The molecule has 27 heavy (non-hydrogen) atoms. The van der Waals surface area contributed by atoms with Crippen molar-refractivity contribution in [1.29, 1.82) is 0 Å². The number of anilines is 1. The average Bonchev–Trinajstić information content (AvgIpc) is 3.09. The van der Waals surface area contributed by atoms with E-state index in [2.05, 4.69) is 5.32 Å². The van der Waals surface area contributed by atoms with Gasteiger partial charge in [0.15, 0.2) is 0 Å². The number of nitrogens with one attached hydrogen (secondary N) is 1. The van der Waals surface area contributed by atoms with Gasteiger partial charge >= 0.3 is 0 Å². The smallest absolute Gasteiger partial charge is 0.227 e. The first-order chi connectivity index (χ1) is 13.1. The summed E-state index contributed by atoms with van der Waals surface area (Å²) >= 11 is 1.70. The van der Waals surface area contributed by atoms with Crippen LogP contribution in [0.3, 0.4) is 0 Å². The number of halogens is 1. The molecule has 1 atom stereocenters. The monoisotopic (exact) mass is 384 g/mol. The molecule has 1 unspecified atom stereocenters. The van der Waals surface area contributed by atoms with Gasteiger partial charge in [-0.3, -0.25) is 9.59 Å². The Balaban J connectivity index is 1.40. The number of rotatable bonds is 4. The zero-order valence-electron chi connectivity index (χ0n) is 14.9. The molecule has 2 aliphatic heterocycles. The molecule has 2 aromatic carbocycles. The third-order valence-corrected chi connectivity index (χ3v) is 6.16. The first-order valence-corrected chi connectivity index (χ1v) is 10.2. The summed E-state index contributed by atoms with van der Waals surface area (Å²) in [6.07, 6.45) is 2.56. The molecule has 4 rings (SSSR count). The minimum Gasteiger partial charge on any atom is -0.349 e. The van der Waals surface area contributed by atoms with Crippen molar-refractivity contribution in [2.24, 2.45) is 0 Å². The number of carbonyl (C=O) groups is 2. The lowest BCUT2D eigenvalue weighted by molar-refractivity contribution is -0.121. The maximum Gasteiger partial charge on any atom is 0.227 e. The third-order valence-electron chi connectivity index (χ3n) is 5.03. The van der Waals surface area contributed by atoms with Crippen LogP contribution in [0.4, 0.5) is 10.1 Å². The van der Waals surface area contributed by atoms with E-state index in [0.717, 1.165) is 46.8 Å². The van der Waals surface area contributed by atoms with E-state index in [4.69, 9.17) is 0 Å². The van der Waals surface area contributed by atoms with Gasteiger partial charge in [0, 0.05) is 29.3 Å². The van der Waals surface area contributed by atoms with E-state index < -0.39 is 0 Å². The molecule has 0 radical (unpaired) electrons. The first kappa shape index (κ1) is 18.0. The van der Waals surface area contributed by atoms with Crippen LogP contribution in [0.2, 0.25) is 0 Å². The van der Waals surface area contributed by atoms with E-state index in [1.54, 1.807) is 22.7 Å². The lowest BCUT2D eigenvalue weighted by atomic mass is 10.0. The summed E-state index contributed by atoms with van der Waals surface area (Å²) in [6, 6.07) is 12.2. The van der Waals surface area contributed by atoms with Crippen molar-refractivity contribution >= 4 is 29.3 Å². The van der Waals surface area contributed by atoms with Crippen molar-refractivity contribution in [3.05, 3.63) is 59.4 Å². The predicted molar refractivity (Wildman–Crippen MR) is 104 cm³/mol. The number of hydrogen-bond acceptors (Lipinski definition) is 3. The molecule has 2 heterocycles. The van der Waals surface area contributed by atoms with Crippen molar-refractivity contribution in [2.45, 2.75) is 36.6 Å². The maximum atomic E-state index is 13.6. The van der Waals surface area contributed by atoms with E-state index in [0.29, 0.717) is 6.42 Å². The number of nitrogens with zero attached hydrogens (tertiary/aromatic N) is 1. The van der Waals surface area contributed by atoms with Gasteiger partial charge in [-0.25, -0.2) is 4.39 Å². The van der Waals surface area contributed by atoms with Crippen LogP contribution in [0, 0.1) is 5.82 Å². The van der Waals surface area contributed by atoms with Crippen LogP contribution in [0.15, 0.2) is 47.4 Å². The molecule has 1 N–H and O–H groups in total. The number of fused-ring (bicyclic) bond motifs is 1. The van der Waals surface area contributed by atoms with Crippen LogP contribution < -0.4 is 10.2 Å². The summed E-state index contributed by atoms with van der Waals surface area (Å²) in [5.74, 6) is 0.707. The molecule has 0 spiro atoms. The van der Waals surface area contributed by atoms with Crippen LogP contribution in [0.5, 0.6) is 0 Å². The van der Waals surface area contributed by atoms with Gasteiger partial charge in [-0.15, -0.1) is 11.8 Å². The standard InChI is InChI=1S/C21H21FN2O2S/c22-15-5-8-19-17(13-15)18(9-11-27-19)23-20(25)12-14-3-6-16(7-4-14)24-10-1-2-21(24)26/h3-8,13,18H,1-2,9-12H2,(H,23,25). The normalized spacial score (nSPS) is 19.1. The van der Waals surface area contributed by atoms with E-state index in [9.17, 15) is 14.0 Å². The van der Waals surface area contributed by atoms with Gasteiger partial charge in [-0.1, -0.05) is 12.1 Å². The van der Waals surface area contributed by atoms with Crippen LogP contribution >= 0.6 is 11.8 Å². The highest BCUT2D eigenvalue weighted by molar-refractivity contribution is 7.99.